The molecule has 4 rings (SSSR count). The minimum Gasteiger partial charge on any atom is -0.295 e. The van der Waals surface area contributed by atoms with Gasteiger partial charge >= 0.3 is 0 Å². The third-order valence-electron chi connectivity index (χ3n) is 4.15. The van der Waals surface area contributed by atoms with Gasteiger partial charge in [-0.25, -0.2) is 4.98 Å². The smallest absolute Gasteiger partial charge is 0.129 e. The molecule has 1 aromatic heterocycles. The minimum absolute atomic E-state index is 0.406. The Hall–Kier alpha value is -1.32. The molecule has 4 heteroatoms. The van der Waals surface area contributed by atoms with Gasteiger partial charge in [-0.2, -0.15) is 0 Å². The molecule has 3 aromatic rings. The van der Waals surface area contributed by atoms with Crippen LogP contribution in [0.15, 0.2) is 40.9 Å². The van der Waals surface area contributed by atoms with Crippen molar-refractivity contribution in [1.29, 1.82) is 0 Å². The number of aryl methyl sites for hydroxylation is 2. The number of fused-ring (bicyclic) bond motifs is 2. The molecule has 0 radical (unpaired) electrons. The van der Waals surface area contributed by atoms with Crippen LogP contribution in [0.2, 0.25) is 0 Å². The zero-order valence-electron chi connectivity index (χ0n) is 11.4. The highest BCUT2D eigenvalue weighted by molar-refractivity contribution is 9.10. The van der Waals surface area contributed by atoms with Crippen LogP contribution >= 0.6 is 27.5 Å². The van der Waals surface area contributed by atoms with E-state index < -0.39 is 0 Å². The van der Waals surface area contributed by atoms with Gasteiger partial charge in [-0.15, -0.1) is 11.6 Å². The van der Waals surface area contributed by atoms with E-state index in [1.54, 1.807) is 0 Å². The van der Waals surface area contributed by atoms with Gasteiger partial charge in [0.1, 0.15) is 5.82 Å². The van der Waals surface area contributed by atoms with Gasteiger partial charge in [-0.05, 0) is 60.7 Å². The standard InChI is InChI=1S/C17H14BrClN2/c18-13-5-7-15-16(9-13)21(17(10-19)20-15)14-6-4-11-2-1-3-12(11)8-14/h4-9H,1-3,10H2. The highest BCUT2D eigenvalue weighted by Gasteiger charge is 2.15. The second-order valence-electron chi connectivity index (χ2n) is 5.44. The van der Waals surface area contributed by atoms with Crippen LogP contribution in [-0.2, 0) is 18.7 Å². The average Bonchev–Trinajstić information content (AvgIpc) is 3.09. The Morgan fingerprint density at radius 1 is 1.10 bits per heavy atom. The van der Waals surface area contributed by atoms with Crippen LogP contribution in [-0.4, -0.2) is 9.55 Å². The predicted molar refractivity (Wildman–Crippen MR) is 90.4 cm³/mol. The van der Waals surface area contributed by atoms with Crippen LogP contribution in [0, 0.1) is 0 Å². The lowest BCUT2D eigenvalue weighted by atomic mass is 10.1. The van der Waals surface area contributed by atoms with E-state index in [9.17, 15) is 0 Å². The molecule has 106 valence electrons. The van der Waals surface area contributed by atoms with Gasteiger partial charge in [0, 0.05) is 10.2 Å². The Morgan fingerprint density at radius 3 is 2.81 bits per heavy atom. The Morgan fingerprint density at radius 2 is 1.95 bits per heavy atom. The Labute approximate surface area is 136 Å². The van der Waals surface area contributed by atoms with E-state index in [2.05, 4.69) is 49.7 Å². The maximum atomic E-state index is 6.12. The first-order chi connectivity index (χ1) is 10.3. The third-order valence-corrected chi connectivity index (χ3v) is 4.88. The summed E-state index contributed by atoms with van der Waals surface area (Å²) in [6.45, 7) is 0. The summed E-state index contributed by atoms with van der Waals surface area (Å²) < 4.78 is 3.23. The topological polar surface area (TPSA) is 17.8 Å². The number of benzene rings is 2. The normalized spacial score (nSPS) is 13.8. The van der Waals surface area contributed by atoms with E-state index in [1.165, 1.54) is 30.4 Å². The molecule has 0 saturated carbocycles. The fraction of sp³-hybridized carbons (Fsp3) is 0.235. The third kappa shape index (κ3) is 2.19. The molecule has 1 aliphatic carbocycles. The molecule has 21 heavy (non-hydrogen) atoms. The Bertz CT molecular complexity index is 838. The second kappa shape index (κ2) is 5.15. The summed E-state index contributed by atoms with van der Waals surface area (Å²) in [5, 5.41) is 0. The van der Waals surface area contributed by atoms with E-state index >= 15 is 0 Å². The fourth-order valence-corrected chi connectivity index (χ4v) is 3.70. The predicted octanol–water partition coefficient (Wildman–Crippen LogP) is 5.02. The molecule has 1 aliphatic rings. The minimum atomic E-state index is 0.406. The van der Waals surface area contributed by atoms with Crippen molar-refractivity contribution in [1.82, 2.24) is 9.55 Å². The first kappa shape index (κ1) is 13.4. The molecule has 2 aromatic carbocycles. The van der Waals surface area contributed by atoms with E-state index in [-0.39, 0.29) is 0 Å². The Balaban J connectivity index is 1.98. The van der Waals surface area contributed by atoms with Gasteiger partial charge in [0.25, 0.3) is 0 Å². The summed E-state index contributed by atoms with van der Waals surface area (Å²) in [4.78, 5) is 4.65. The largest absolute Gasteiger partial charge is 0.295 e. The van der Waals surface area contributed by atoms with E-state index in [1.807, 2.05) is 12.1 Å². The van der Waals surface area contributed by atoms with Crippen molar-refractivity contribution >= 4 is 38.6 Å². The van der Waals surface area contributed by atoms with Crippen LogP contribution in [0.1, 0.15) is 23.4 Å². The number of imidazole rings is 1. The molecule has 0 unspecified atom stereocenters. The van der Waals surface area contributed by atoms with Crippen molar-refractivity contribution in [3.8, 4) is 5.69 Å². The van der Waals surface area contributed by atoms with Gasteiger partial charge in [0.05, 0.1) is 16.9 Å². The van der Waals surface area contributed by atoms with Gasteiger partial charge < -0.3 is 0 Å². The number of alkyl halides is 1. The van der Waals surface area contributed by atoms with Crippen LogP contribution in [0.5, 0.6) is 0 Å². The second-order valence-corrected chi connectivity index (χ2v) is 6.62. The molecule has 2 nitrogen and oxygen atoms in total. The lowest BCUT2D eigenvalue weighted by Crippen LogP contribution is -2.00. The molecular formula is C17H14BrClN2. The van der Waals surface area contributed by atoms with Crippen molar-refractivity contribution in [2.24, 2.45) is 0 Å². The van der Waals surface area contributed by atoms with Crippen molar-refractivity contribution in [3.05, 3.63) is 57.8 Å². The molecule has 0 bridgehead atoms. The first-order valence-electron chi connectivity index (χ1n) is 7.11. The monoisotopic (exact) mass is 360 g/mol. The SMILES string of the molecule is ClCc1nc2ccc(Br)cc2n1-c1ccc2c(c1)CCC2. The van der Waals surface area contributed by atoms with Crippen LogP contribution in [0.25, 0.3) is 16.7 Å². The van der Waals surface area contributed by atoms with Crippen LogP contribution in [0.4, 0.5) is 0 Å². The van der Waals surface area contributed by atoms with Crippen molar-refractivity contribution in [2.75, 3.05) is 0 Å². The summed E-state index contributed by atoms with van der Waals surface area (Å²) in [6.07, 6.45) is 3.64. The first-order valence-corrected chi connectivity index (χ1v) is 8.44. The number of rotatable bonds is 2. The number of halogens is 2. The number of aromatic nitrogens is 2. The van der Waals surface area contributed by atoms with Gasteiger partial charge in [-0.3, -0.25) is 4.57 Å². The lowest BCUT2D eigenvalue weighted by molar-refractivity contribution is 0.911. The van der Waals surface area contributed by atoms with Crippen molar-refractivity contribution in [2.45, 2.75) is 25.1 Å². The molecule has 0 N–H and O–H groups in total. The van der Waals surface area contributed by atoms with Gasteiger partial charge in [0.15, 0.2) is 0 Å². The van der Waals surface area contributed by atoms with Crippen LogP contribution < -0.4 is 0 Å². The van der Waals surface area contributed by atoms with Crippen molar-refractivity contribution in [3.63, 3.8) is 0 Å². The highest BCUT2D eigenvalue weighted by atomic mass is 79.9. The summed E-state index contributed by atoms with van der Waals surface area (Å²) >= 11 is 9.66. The van der Waals surface area contributed by atoms with Crippen molar-refractivity contribution < 1.29 is 0 Å². The summed E-state index contributed by atoms with van der Waals surface area (Å²) in [7, 11) is 0. The fourth-order valence-electron chi connectivity index (χ4n) is 3.17. The molecule has 0 spiro atoms. The molecule has 0 amide bonds. The highest BCUT2D eigenvalue weighted by Crippen LogP contribution is 2.29. The molecular weight excluding hydrogens is 348 g/mol. The molecule has 0 atom stereocenters. The van der Waals surface area contributed by atoms with E-state index in [4.69, 9.17) is 11.6 Å². The number of hydrogen-bond acceptors (Lipinski definition) is 1. The quantitative estimate of drug-likeness (QED) is 0.586. The van der Waals surface area contributed by atoms with E-state index in [0.29, 0.717) is 5.88 Å². The Kier molecular flexibility index (Phi) is 3.27. The molecule has 0 saturated heterocycles. The number of hydrogen-bond donors (Lipinski definition) is 0. The maximum Gasteiger partial charge on any atom is 0.129 e. The van der Waals surface area contributed by atoms with Gasteiger partial charge in [0.2, 0.25) is 0 Å². The zero-order chi connectivity index (χ0) is 14.4. The van der Waals surface area contributed by atoms with Crippen LogP contribution in [0.3, 0.4) is 0 Å². The van der Waals surface area contributed by atoms with Gasteiger partial charge in [-0.1, -0.05) is 22.0 Å². The zero-order valence-corrected chi connectivity index (χ0v) is 13.8. The number of nitrogens with zero attached hydrogens (tertiary/aromatic N) is 2. The average molecular weight is 362 g/mol. The van der Waals surface area contributed by atoms with E-state index in [0.717, 1.165) is 27.0 Å². The maximum absolute atomic E-state index is 6.12. The summed E-state index contributed by atoms with van der Waals surface area (Å²) in [5.74, 6) is 1.30. The lowest BCUT2D eigenvalue weighted by Gasteiger charge is -2.10. The molecule has 0 aliphatic heterocycles. The molecule has 0 fully saturated rings. The molecule has 1 heterocycles. The summed E-state index contributed by atoms with van der Waals surface area (Å²) in [6, 6.07) is 12.9. The summed E-state index contributed by atoms with van der Waals surface area (Å²) in [5.41, 5.74) is 6.18.